The Balaban J connectivity index is 2.22. The zero-order valence-electron chi connectivity index (χ0n) is 10.9. The maximum Gasteiger partial charge on any atom is 0.239 e. The van der Waals surface area contributed by atoms with Crippen LogP contribution >= 0.6 is 0 Å². The minimum absolute atomic E-state index is 0.231. The number of nitrogens with zero attached hydrogens (tertiary/aromatic N) is 1. The summed E-state index contributed by atoms with van der Waals surface area (Å²) in [4.78, 5) is 4.26. The Morgan fingerprint density at radius 2 is 2.11 bits per heavy atom. The standard InChI is InChI=1S/C14H16FN3O/c1-3-19-14-12(16)6-7-13(18-14)17-10-4-5-11(15)9(2)8-10/h4-8H,3,16H2,1-2H3,(H,17,18). The number of pyridine rings is 1. The molecule has 0 aliphatic heterocycles. The second-order valence-electron chi connectivity index (χ2n) is 4.11. The second kappa shape index (κ2) is 5.56. The number of nitrogens with one attached hydrogen (secondary N) is 1. The van der Waals surface area contributed by atoms with E-state index in [4.69, 9.17) is 10.5 Å². The van der Waals surface area contributed by atoms with E-state index in [1.807, 2.05) is 6.92 Å². The molecule has 0 saturated heterocycles. The molecule has 0 radical (unpaired) electrons. The summed E-state index contributed by atoms with van der Waals surface area (Å²) < 4.78 is 18.5. The molecule has 4 nitrogen and oxygen atoms in total. The predicted molar refractivity (Wildman–Crippen MR) is 74.2 cm³/mol. The summed E-state index contributed by atoms with van der Waals surface area (Å²) in [5.74, 6) is 0.765. The first kappa shape index (κ1) is 13.1. The monoisotopic (exact) mass is 261 g/mol. The number of rotatable bonds is 4. The molecule has 19 heavy (non-hydrogen) atoms. The zero-order valence-corrected chi connectivity index (χ0v) is 10.9. The number of benzene rings is 1. The van der Waals surface area contributed by atoms with Crippen LogP contribution in [0.2, 0.25) is 0 Å². The first-order valence-corrected chi connectivity index (χ1v) is 6.02. The molecule has 5 heteroatoms. The Morgan fingerprint density at radius 1 is 1.32 bits per heavy atom. The van der Waals surface area contributed by atoms with E-state index < -0.39 is 0 Å². The van der Waals surface area contributed by atoms with Gasteiger partial charge in [0.05, 0.1) is 12.3 Å². The smallest absolute Gasteiger partial charge is 0.239 e. The molecule has 0 atom stereocenters. The van der Waals surface area contributed by atoms with Gasteiger partial charge in [-0.1, -0.05) is 0 Å². The van der Waals surface area contributed by atoms with Gasteiger partial charge >= 0.3 is 0 Å². The van der Waals surface area contributed by atoms with Crippen LogP contribution in [-0.2, 0) is 0 Å². The molecule has 0 fully saturated rings. The third-order valence-electron chi connectivity index (χ3n) is 2.60. The zero-order chi connectivity index (χ0) is 13.8. The van der Waals surface area contributed by atoms with E-state index in [1.165, 1.54) is 6.07 Å². The number of hydrogen-bond acceptors (Lipinski definition) is 4. The van der Waals surface area contributed by atoms with Crippen LogP contribution in [0.3, 0.4) is 0 Å². The molecule has 0 aliphatic carbocycles. The van der Waals surface area contributed by atoms with Crippen LogP contribution in [0.4, 0.5) is 21.6 Å². The normalized spacial score (nSPS) is 10.3. The molecule has 0 bridgehead atoms. The quantitative estimate of drug-likeness (QED) is 0.886. The van der Waals surface area contributed by atoms with Gasteiger partial charge in [0.15, 0.2) is 0 Å². The number of nitrogens with two attached hydrogens (primary N) is 1. The summed E-state index contributed by atoms with van der Waals surface area (Å²) in [7, 11) is 0. The van der Waals surface area contributed by atoms with Crippen LogP contribution in [-0.4, -0.2) is 11.6 Å². The van der Waals surface area contributed by atoms with Gasteiger partial charge < -0.3 is 15.8 Å². The van der Waals surface area contributed by atoms with Crippen LogP contribution in [0.5, 0.6) is 5.88 Å². The predicted octanol–water partition coefficient (Wildman–Crippen LogP) is 3.25. The molecule has 1 aromatic carbocycles. The van der Waals surface area contributed by atoms with Crippen LogP contribution in [0.1, 0.15) is 12.5 Å². The number of hydrogen-bond donors (Lipinski definition) is 2. The Kier molecular flexibility index (Phi) is 3.85. The number of aryl methyl sites for hydroxylation is 1. The van der Waals surface area contributed by atoms with Gasteiger partial charge in [0, 0.05) is 5.69 Å². The first-order chi connectivity index (χ1) is 9.10. The second-order valence-corrected chi connectivity index (χ2v) is 4.11. The Hall–Kier alpha value is -2.30. The summed E-state index contributed by atoms with van der Waals surface area (Å²) >= 11 is 0. The molecule has 0 unspecified atom stereocenters. The van der Waals surface area contributed by atoms with Crippen LogP contribution < -0.4 is 15.8 Å². The Morgan fingerprint density at radius 3 is 2.79 bits per heavy atom. The molecule has 2 aromatic rings. The van der Waals surface area contributed by atoms with E-state index in [2.05, 4.69) is 10.3 Å². The summed E-state index contributed by atoms with van der Waals surface area (Å²) in [5.41, 5.74) is 7.57. The maximum atomic E-state index is 13.2. The van der Waals surface area contributed by atoms with Crippen molar-refractivity contribution in [3.8, 4) is 5.88 Å². The van der Waals surface area contributed by atoms with Gasteiger partial charge in [0.1, 0.15) is 11.6 Å². The van der Waals surface area contributed by atoms with Crippen LogP contribution in [0.15, 0.2) is 30.3 Å². The highest BCUT2D eigenvalue weighted by molar-refractivity contribution is 5.61. The van der Waals surface area contributed by atoms with E-state index in [0.29, 0.717) is 29.6 Å². The third-order valence-corrected chi connectivity index (χ3v) is 2.60. The van der Waals surface area contributed by atoms with Crippen molar-refractivity contribution in [2.45, 2.75) is 13.8 Å². The molecular formula is C14H16FN3O. The van der Waals surface area contributed by atoms with Crippen molar-refractivity contribution in [1.82, 2.24) is 4.98 Å². The number of nitrogen functional groups attached to an aromatic ring is 1. The molecule has 1 aromatic heterocycles. The molecular weight excluding hydrogens is 245 g/mol. The highest BCUT2D eigenvalue weighted by atomic mass is 19.1. The van der Waals surface area contributed by atoms with E-state index in [0.717, 1.165) is 5.69 Å². The third kappa shape index (κ3) is 3.13. The number of halogens is 1. The fraction of sp³-hybridized carbons (Fsp3) is 0.214. The number of aromatic nitrogens is 1. The molecule has 2 rings (SSSR count). The van der Waals surface area contributed by atoms with Crippen molar-refractivity contribution >= 4 is 17.2 Å². The minimum atomic E-state index is -0.231. The van der Waals surface area contributed by atoms with Gasteiger partial charge in [0.2, 0.25) is 5.88 Å². The van der Waals surface area contributed by atoms with Crippen molar-refractivity contribution in [2.24, 2.45) is 0 Å². The summed E-state index contributed by atoms with van der Waals surface area (Å²) in [6.45, 7) is 4.07. The van der Waals surface area contributed by atoms with Gasteiger partial charge in [-0.25, -0.2) is 4.39 Å². The number of ether oxygens (including phenoxy) is 1. The minimum Gasteiger partial charge on any atom is -0.476 e. The summed E-state index contributed by atoms with van der Waals surface area (Å²) in [5, 5.41) is 3.08. The molecule has 0 aliphatic rings. The lowest BCUT2D eigenvalue weighted by Gasteiger charge is -2.10. The van der Waals surface area contributed by atoms with Gasteiger partial charge in [0.25, 0.3) is 0 Å². The van der Waals surface area contributed by atoms with Gasteiger partial charge in [-0.2, -0.15) is 4.98 Å². The fourth-order valence-corrected chi connectivity index (χ4v) is 1.64. The Bertz CT molecular complexity index is 587. The van der Waals surface area contributed by atoms with Crippen molar-refractivity contribution in [2.75, 3.05) is 17.7 Å². The average molecular weight is 261 g/mol. The molecule has 3 N–H and O–H groups in total. The van der Waals surface area contributed by atoms with E-state index >= 15 is 0 Å². The Labute approximate surface area is 111 Å². The molecule has 0 spiro atoms. The summed E-state index contributed by atoms with van der Waals surface area (Å²) in [6.07, 6.45) is 0. The molecule has 100 valence electrons. The lowest BCUT2D eigenvalue weighted by molar-refractivity contribution is 0.329. The van der Waals surface area contributed by atoms with Crippen molar-refractivity contribution in [1.29, 1.82) is 0 Å². The fourth-order valence-electron chi connectivity index (χ4n) is 1.64. The van der Waals surface area contributed by atoms with Crippen molar-refractivity contribution in [3.05, 3.63) is 41.7 Å². The molecule has 1 heterocycles. The van der Waals surface area contributed by atoms with E-state index in [9.17, 15) is 4.39 Å². The maximum absolute atomic E-state index is 13.2. The van der Waals surface area contributed by atoms with Crippen molar-refractivity contribution in [3.63, 3.8) is 0 Å². The lowest BCUT2D eigenvalue weighted by atomic mass is 10.2. The van der Waals surface area contributed by atoms with Gasteiger partial charge in [-0.05, 0) is 49.7 Å². The molecule has 0 saturated carbocycles. The lowest BCUT2D eigenvalue weighted by Crippen LogP contribution is -2.02. The summed E-state index contributed by atoms with van der Waals surface area (Å²) in [6, 6.07) is 8.25. The SMILES string of the molecule is CCOc1nc(Nc2ccc(F)c(C)c2)ccc1N. The highest BCUT2D eigenvalue weighted by Gasteiger charge is 2.05. The van der Waals surface area contributed by atoms with Gasteiger partial charge in [-0.15, -0.1) is 0 Å². The van der Waals surface area contributed by atoms with Crippen LogP contribution in [0.25, 0.3) is 0 Å². The number of anilines is 3. The van der Waals surface area contributed by atoms with Gasteiger partial charge in [-0.3, -0.25) is 0 Å². The molecule has 0 amide bonds. The van der Waals surface area contributed by atoms with Crippen LogP contribution in [0, 0.1) is 12.7 Å². The van der Waals surface area contributed by atoms with E-state index in [1.54, 1.807) is 31.2 Å². The average Bonchev–Trinajstić information content (AvgIpc) is 2.38. The largest absolute Gasteiger partial charge is 0.476 e. The topological polar surface area (TPSA) is 60.2 Å². The van der Waals surface area contributed by atoms with E-state index in [-0.39, 0.29) is 5.82 Å². The first-order valence-electron chi connectivity index (χ1n) is 6.02. The van der Waals surface area contributed by atoms with Crippen molar-refractivity contribution < 1.29 is 9.13 Å². The highest BCUT2D eigenvalue weighted by Crippen LogP contribution is 2.24.